The van der Waals surface area contributed by atoms with Gasteiger partial charge in [0.05, 0.1) is 13.2 Å². The van der Waals surface area contributed by atoms with Gasteiger partial charge < -0.3 is 14.6 Å². The lowest BCUT2D eigenvalue weighted by atomic mass is 9.49. The highest BCUT2D eigenvalue weighted by Gasteiger charge is 2.65. The van der Waals surface area contributed by atoms with E-state index in [1.54, 1.807) is 0 Å². The average molecular weight is 374 g/mol. The fraction of sp³-hybridized carbons (Fsp3) is 0.826. The van der Waals surface area contributed by atoms with E-state index in [2.05, 4.69) is 12.8 Å². The minimum Gasteiger partial charge on any atom is -0.377 e. The molecule has 0 aromatic heterocycles. The molecule has 0 aromatic carbocycles. The Morgan fingerprint density at radius 1 is 1.26 bits per heavy atom. The van der Waals surface area contributed by atoms with Crippen LogP contribution in [0.1, 0.15) is 58.8 Å². The maximum absolute atomic E-state index is 15.7. The first-order chi connectivity index (χ1) is 12.8. The van der Waals surface area contributed by atoms with Crippen LogP contribution in [0.4, 0.5) is 4.39 Å². The molecule has 1 heterocycles. The summed E-state index contributed by atoms with van der Waals surface area (Å²) in [6, 6.07) is 0. The van der Waals surface area contributed by atoms with Crippen LogP contribution in [0, 0.1) is 41.4 Å². The second kappa shape index (κ2) is 5.81. The molecular formula is C23H31FO3. The van der Waals surface area contributed by atoms with Gasteiger partial charge in [0.25, 0.3) is 0 Å². The zero-order valence-corrected chi connectivity index (χ0v) is 16.5. The van der Waals surface area contributed by atoms with Crippen LogP contribution in [0.15, 0.2) is 11.1 Å². The molecule has 0 unspecified atom stereocenters. The van der Waals surface area contributed by atoms with Crippen molar-refractivity contribution in [2.45, 2.75) is 76.4 Å². The first-order valence-electron chi connectivity index (χ1n) is 10.7. The van der Waals surface area contributed by atoms with E-state index < -0.39 is 23.0 Å². The van der Waals surface area contributed by atoms with Gasteiger partial charge in [-0.1, -0.05) is 30.9 Å². The van der Waals surface area contributed by atoms with E-state index in [0.29, 0.717) is 37.9 Å². The lowest BCUT2D eigenvalue weighted by molar-refractivity contribution is -0.168. The molecule has 1 N–H and O–H groups in total. The molecule has 3 nitrogen and oxygen atoms in total. The quantitative estimate of drug-likeness (QED) is 0.514. The molecule has 5 rings (SSSR count). The fourth-order valence-corrected chi connectivity index (χ4v) is 7.58. The van der Waals surface area contributed by atoms with E-state index >= 15 is 4.39 Å². The highest BCUT2D eigenvalue weighted by molar-refractivity contribution is 5.33. The van der Waals surface area contributed by atoms with Crippen molar-refractivity contribution in [3.63, 3.8) is 0 Å². The largest absolute Gasteiger partial charge is 0.377 e. The van der Waals surface area contributed by atoms with Crippen LogP contribution in [0.3, 0.4) is 0 Å². The van der Waals surface area contributed by atoms with E-state index in [1.807, 2.05) is 6.92 Å². The van der Waals surface area contributed by atoms with Gasteiger partial charge in [-0.15, -0.1) is 6.42 Å². The van der Waals surface area contributed by atoms with Crippen LogP contribution in [-0.4, -0.2) is 35.9 Å². The molecule has 2 saturated carbocycles. The van der Waals surface area contributed by atoms with Gasteiger partial charge in [0.1, 0.15) is 11.8 Å². The normalized spacial score (nSPS) is 50.9. The molecule has 1 aliphatic heterocycles. The molecule has 27 heavy (non-hydrogen) atoms. The fourth-order valence-electron chi connectivity index (χ4n) is 7.58. The third kappa shape index (κ3) is 2.32. The number of hydrogen-bond acceptors (Lipinski definition) is 3. The van der Waals surface area contributed by atoms with E-state index in [4.69, 9.17) is 15.9 Å². The molecule has 4 heteroatoms. The molecule has 1 saturated heterocycles. The van der Waals surface area contributed by atoms with Crippen LogP contribution in [0.5, 0.6) is 0 Å². The Hall–Kier alpha value is -0.890. The molecule has 7 atom stereocenters. The maximum Gasteiger partial charge on any atom is 0.172 e. The number of allylic oxidation sites excluding steroid dienone is 1. The first-order valence-corrected chi connectivity index (χ1v) is 10.7. The van der Waals surface area contributed by atoms with Crippen molar-refractivity contribution in [2.24, 2.45) is 29.1 Å². The van der Waals surface area contributed by atoms with E-state index in [-0.39, 0.29) is 11.8 Å². The van der Waals surface area contributed by atoms with Gasteiger partial charge in [-0.2, -0.15) is 0 Å². The van der Waals surface area contributed by atoms with Gasteiger partial charge >= 0.3 is 0 Å². The summed E-state index contributed by atoms with van der Waals surface area (Å²) in [6.45, 7) is 5.65. The summed E-state index contributed by atoms with van der Waals surface area (Å²) in [5.41, 5.74) is 1.05. The number of aliphatic hydroxyl groups is 1. The van der Waals surface area contributed by atoms with Crippen LogP contribution in [0.25, 0.3) is 0 Å². The minimum atomic E-state index is -1.16. The van der Waals surface area contributed by atoms with Crippen molar-refractivity contribution in [3.05, 3.63) is 11.1 Å². The molecule has 0 amide bonds. The van der Waals surface area contributed by atoms with Crippen LogP contribution >= 0.6 is 0 Å². The molecule has 0 aromatic rings. The molecule has 0 bridgehead atoms. The lowest BCUT2D eigenvalue weighted by Gasteiger charge is -2.56. The van der Waals surface area contributed by atoms with Crippen LogP contribution in [-0.2, 0) is 9.47 Å². The van der Waals surface area contributed by atoms with Crippen molar-refractivity contribution >= 4 is 0 Å². The van der Waals surface area contributed by atoms with Crippen LogP contribution in [0.2, 0.25) is 0 Å². The predicted octanol–water partition coefficient (Wildman–Crippen LogP) is 4.00. The number of ether oxygens (including phenoxy) is 2. The van der Waals surface area contributed by atoms with Crippen molar-refractivity contribution in [1.82, 2.24) is 0 Å². The van der Waals surface area contributed by atoms with Gasteiger partial charge in [0.15, 0.2) is 5.79 Å². The van der Waals surface area contributed by atoms with Gasteiger partial charge in [-0.05, 0) is 49.9 Å². The number of terminal acetylenes is 1. The summed E-state index contributed by atoms with van der Waals surface area (Å²) in [6.07, 6.45) is 10.2. The second-order valence-corrected chi connectivity index (χ2v) is 9.99. The predicted molar refractivity (Wildman–Crippen MR) is 100 cm³/mol. The molecule has 3 fully saturated rings. The van der Waals surface area contributed by atoms with Crippen molar-refractivity contribution in [2.75, 3.05) is 13.2 Å². The molecular weight excluding hydrogens is 343 g/mol. The van der Waals surface area contributed by atoms with Gasteiger partial charge in [0.2, 0.25) is 0 Å². The van der Waals surface area contributed by atoms with Gasteiger partial charge in [-0.25, -0.2) is 4.39 Å². The Labute approximate surface area is 161 Å². The highest BCUT2D eigenvalue weighted by atomic mass is 19.1. The lowest BCUT2D eigenvalue weighted by Crippen LogP contribution is -2.56. The third-order valence-corrected chi connectivity index (χ3v) is 8.86. The number of fused-ring (bicyclic) bond motifs is 4. The molecule has 0 radical (unpaired) electrons. The van der Waals surface area contributed by atoms with Crippen LogP contribution < -0.4 is 0 Å². The summed E-state index contributed by atoms with van der Waals surface area (Å²) in [4.78, 5) is 0. The summed E-state index contributed by atoms with van der Waals surface area (Å²) in [5.74, 6) is 3.16. The minimum absolute atomic E-state index is 0.0132. The molecule has 5 aliphatic rings. The molecule has 4 aliphatic carbocycles. The first kappa shape index (κ1) is 18.2. The Morgan fingerprint density at radius 2 is 2.00 bits per heavy atom. The third-order valence-electron chi connectivity index (χ3n) is 8.86. The van der Waals surface area contributed by atoms with Crippen molar-refractivity contribution in [1.29, 1.82) is 0 Å². The SMILES string of the molecule is C#C[C@]1(O)CC[C@H]2[C@H]3[C@@H](C4=C(C[C@H]3C)CC3(CC4)OCCO3)[C@@H](F)C[C@@]21C. The van der Waals surface area contributed by atoms with Gasteiger partial charge in [0, 0.05) is 24.2 Å². The Balaban J connectivity index is 1.52. The topological polar surface area (TPSA) is 38.7 Å². The average Bonchev–Trinajstić information content (AvgIpc) is 3.18. The molecule has 148 valence electrons. The standard InChI is InChI=1S/C23H31FO3/c1-4-22(25)7-6-17-19-14(2)11-15-12-23(26-9-10-27-23)8-5-16(15)20(19)18(24)13-21(17,22)3/h1,14,17-20,25H,5-13H2,2-3H3/t14-,17+,18+,19+,20+,21+,22+/m1/s1. The Morgan fingerprint density at radius 3 is 2.70 bits per heavy atom. The van der Waals surface area contributed by atoms with Crippen molar-refractivity contribution < 1.29 is 19.0 Å². The van der Waals surface area contributed by atoms with E-state index in [9.17, 15) is 5.11 Å². The Bertz CT molecular complexity index is 718. The molecule has 1 spiro atoms. The monoisotopic (exact) mass is 374 g/mol. The van der Waals surface area contributed by atoms with Crippen molar-refractivity contribution in [3.8, 4) is 12.3 Å². The van der Waals surface area contributed by atoms with Gasteiger partial charge in [-0.3, -0.25) is 0 Å². The summed E-state index contributed by atoms with van der Waals surface area (Å²) in [5, 5.41) is 11.1. The Kier molecular flexibility index (Phi) is 3.91. The summed E-state index contributed by atoms with van der Waals surface area (Å²) >= 11 is 0. The maximum atomic E-state index is 15.7. The number of alkyl halides is 1. The highest BCUT2D eigenvalue weighted by Crippen LogP contribution is 2.66. The van der Waals surface area contributed by atoms with E-state index in [0.717, 1.165) is 32.1 Å². The zero-order chi connectivity index (χ0) is 19.0. The summed E-state index contributed by atoms with van der Waals surface area (Å²) < 4.78 is 27.6. The smallest absolute Gasteiger partial charge is 0.172 e. The second-order valence-electron chi connectivity index (χ2n) is 9.99. The number of hydrogen-bond donors (Lipinski definition) is 1. The number of rotatable bonds is 0. The zero-order valence-electron chi connectivity index (χ0n) is 16.5. The summed E-state index contributed by atoms with van der Waals surface area (Å²) in [7, 11) is 0. The van der Waals surface area contributed by atoms with E-state index in [1.165, 1.54) is 11.1 Å². The number of halogens is 1.